The van der Waals surface area contributed by atoms with E-state index in [9.17, 15) is 24.6 Å². The van der Waals surface area contributed by atoms with Crippen LogP contribution in [-0.4, -0.2) is 120 Å². The van der Waals surface area contributed by atoms with Crippen molar-refractivity contribution in [3.8, 4) is 0 Å². The van der Waals surface area contributed by atoms with Crippen LogP contribution in [0, 0.1) is 28.6 Å². The molecule has 73 heavy (non-hydrogen) atoms. The van der Waals surface area contributed by atoms with Gasteiger partial charge in [-0.1, -0.05) is 111 Å². The number of rotatable bonds is 19. The van der Waals surface area contributed by atoms with Crippen molar-refractivity contribution in [2.45, 2.75) is 128 Å². The number of ether oxygens (including phenoxy) is 3. The molecule has 4 aliphatic carbocycles. The van der Waals surface area contributed by atoms with Crippen molar-refractivity contribution < 1.29 is 43.9 Å². The van der Waals surface area contributed by atoms with E-state index < -0.39 is 42.1 Å². The van der Waals surface area contributed by atoms with Crippen molar-refractivity contribution in [1.82, 2.24) is 4.90 Å². The van der Waals surface area contributed by atoms with Crippen LogP contribution in [0.5, 0.6) is 0 Å². The van der Waals surface area contributed by atoms with Gasteiger partial charge < -0.3 is 39.3 Å². The summed E-state index contributed by atoms with van der Waals surface area (Å²) in [5.41, 5.74) is 3.55. The fourth-order valence-electron chi connectivity index (χ4n) is 13.1. The molecular formula is C59H77Cl3N2O9. The Morgan fingerprint density at radius 1 is 0.945 bits per heavy atom. The summed E-state index contributed by atoms with van der Waals surface area (Å²) >= 11 is 17.6. The van der Waals surface area contributed by atoms with Crippen molar-refractivity contribution in [1.29, 1.82) is 0 Å². The first kappa shape index (κ1) is 57.1. The van der Waals surface area contributed by atoms with E-state index in [1.807, 2.05) is 48.5 Å². The van der Waals surface area contributed by atoms with E-state index in [2.05, 4.69) is 67.0 Å². The topological polar surface area (TPSA) is 146 Å². The summed E-state index contributed by atoms with van der Waals surface area (Å²) in [7, 11) is 0. The smallest absolute Gasteiger partial charge is 0.303 e. The molecule has 0 amide bonds. The Balaban J connectivity index is 0.000000166. The Morgan fingerprint density at radius 3 is 2.27 bits per heavy atom. The number of aliphatic hydroxyl groups is 2. The van der Waals surface area contributed by atoms with Gasteiger partial charge in [-0.05, 0) is 136 Å². The van der Waals surface area contributed by atoms with Crippen LogP contribution in [0.2, 0.25) is 5.02 Å². The van der Waals surface area contributed by atoms with Crippen molar-refractivity contribution in [2.24, 2.45) is 28.6 Å². The number of aliphatic carboxylic acids is 1. The number of ketones is 2. The number of benzene rings is 3. The van der Waals surface area contributed by atoms with Gasteiger partial charge in [-0.2, -0.15) is 0 Å². The van der Waals surface area contributed by atoms with Crippen molar-refractivity contribution in [3.05, 3.63) is 124 Å². The number of hydrogen-bond donors (Lipinski definition) is 3. The molecule has 3 N–H and O–H groups in total. The minimum Gasteiger partial charge on any atom is -0.481 e. The lowest BCUT2D eigenvalue weighted by molar-refractivity contribution is -0.200. The molecule has 6 aliphatic rings. The zero-order chi connectivity index (χ0) is 52.2. The second kappa shape index (κ2) is 26.4. The Bertz CT molecular complexity index is 2320. The predicted molar refractivity (Wildman–Crippen MR) is 290 cm³/mol. The van der Waals surface area contributed by atoms with Crippen molar-refractivity contribution in [3.63, 3.8) is 0 Å². The third-order valence-electron chi connectivity index (χ3n) is 16.7. The third kappa shape index (κ3) is 13.1. The van der Waals surface area contributed by atoms with Crippen LogP contribution in [-0.2, 0) is 35.0 Å². The van der Waals surface area contributed by atoms with Gasteiger partial charge in [0.25, 0.3) is 0 Å². The standard InChI is InChI=1S/C25H34O6.C20H24ClNO.C14H19Cl2NO2/c1-4-5-21-30-20-11-17-16-7-6-14-10-15(27)8-9-23(14,2)22(16)18(28)12-24(17,3)25(20,31-21)19(29)13-26;21-19-11-9-18(10-12-19)20(17-7-3-1-4-8-17)23-16-15-22-13-5-2-6-14-22;15-8-10-17(11-9-16)13-6-4-12(5-7-13)2-1-3-14(18)19/h8-10,16-18,20-22,26,28H,4-7,11-13H2,1-3H3;1,3-4,7-12,20H,2,5-6,13-16H2;4-7H,1-3,8-11H2,(H,18,19)/t16-,17-,18-,20+,21+,22+,23-,24-,25+;;/m0../s1. The molecule has 2 saturated heterocycles. The maximum Gasteiger partial charge on any atom is 0.303 e. The number of likely N-dealkylation sites (tertiary alicyclic amines) is 1. The summed E-state index contributed by atoms with van der Waals surface area (Å²) in [4.78, 5) is 40.3. The normalized spacial score (nSPS) is 29.5. The lowest BCUT2D eigenvalue weighted by Crippen LogP contribution is -2.63. The van der Waals surface area contributed by atoms with Gasteiger partial charge in [0.05, 0.1) is 18.8 Å². The molecule has 0 bridgehead atoms. The number of carbonyl (C=O) groups is 3. The minimum atomic E-state index is -1.20. The molecule has 2 aliphatic heterocycles. The van der Waals surface area contributed by atoms with Crippen LogP contribution >= 0.6 is 34.8 Å². The van der Waals surface area contributed by atoms with Crippen LogP contribution < -0.4 is 4.90 Å². The van der Waals surface area contributed by atoms with Crippen LogP contribution in [0.15, 0.2) is 103 Å². The van der Waals surface area contributed by atoms with Crippen LogP contribution in [0.3, 0.4) is 0 Å². The van der Waals surface area contributed by atoms with Crippen LogP contribution in [0.4, 0.5) is 5.69 Å². The van der Waals surface area contributed by atoms with Gasteiger partial charge in [0.2, 0.25) is 0 Å². The molecule has 0 spiro atoms. The van der Waals surface area contributed by atoms with E-state index in [0.29, 0.717) is 37.4 Å². The van der Waals surface area contributed by atoms with Gasteiger partial charge in [-0.3, -0.25) is 14.4 Å². The van der Waals surface area contributed by atoms with E-state index in [4.69, 9.17) is 54.1 Å². The first-order valence-electron chi connectivity index (χ1n) is 26.6. The predicted octanol–water partition coefficient (Wildman–Crippen LogP) is 11.0. The number of halogens is 3. The van der Waals surface area contributed by atoms with Crippen molar-refractivity contribution >= 4 is 58.0 Å². The first-order chi connectivity index (χ1) is 35.2. The zero-order valence-corrected chi connectivity index (χ0v) is 45.2. The Morgan fingerprint density at radius 2 is 1.63 bits per heavy atom. The minimum absolute atomic E-state index is 0.0125. The summed E-state index contributed by atoms with van der Waals surface area (Å²) in [5, 5.41) is 30.8. The number of aliphatic hydroxyl groups excluding tert-OH is 2. The molecule has 0 radical (unpaired) electrons. The van der Waals surface area contributed by atoms with Gasteiger partial charge in [0.1, 0.15) is 12.7 Å². The van der Waals surface area contributed by atoms with Crippen LogP contribution in [0.1, 0.15) is 114 Å². The molecule has 0 aromatic heterocycles. The number of anilines is 1. The average Bonchev–Trinajstić information content (AvgIpc) is 3.88. The van der Waals surface area contributed by atoms with Gasteiger partial charge in [-0.15, -0.1) is 23.2 Å². The maximum absolute atomic E-state index is 13.2. The lowest BCUT2D eigenvalue weighted by atomic mass is 9.46. The molecule has 14 heteroatoms. The Labute approximate surface area is 448 Å². The summed E-state index contributed by atoms with van der Waals surface area (Å²) in [6, 6.07) is 26.5. The highest BCUT2D eigenvalue weighted by atomic mass is 35.5. The monoisotopic (exact) mass is 1060 g/mol. The first-order valence-corrected chi connectivity index (χ1v) is 28.1. The van der Waals surface area contributed by atoms with E-state index in [1.165, 1.54) is 37.9 Å². The average molecular weight is 1060 g/mol. The summed E-state index contributed by atoms with van der Waals surface area (Å²) in [5.74, 6) is 0.417. The van der Waals surface area contributed by atoms with Gasteiger partial charge in [0, 0.05) is 65.3 Å². The second-order valence-electron chi connectivity index (χ2n) is 21.1. The third-order valence-corrected chi connectivity index (χ3v) is 17.2. The van der Waals surface area contributed by atoms with Gasteiger partial charge in [-0.25, -0.2) is 0 Å². The Kier molecular flexibility index (Phi) is 20.7. The number of carbonyl (C=O) groups excluding carboxylic acids is 2. The maximum atomic E-state index is 13.2. The summed E-state index contributed by atoms with van der Waals surface area (Å²) in [6.45, 7) is 11.4. The fraction of sp³-hybridized carbons (Fsp3) is 0.576. The molecule has 3 aromatic rings. The Hall–Kier alpha value is -3.62. The largest absolute Gasteiger partial charge is 0.481 e. The lowest BCUT2D eigenvalue weighted by Gasteiger charge is -2.59. The number of carboxylic acid groups (broad SMARTS) is 1. The molecule has 1 unspecified atom stereocenters. The van der Waals surface area contributed by atoms with Crippen molar-refractivity contribution in [2.75, 3.05) is 62.6 Å². The number of piperidine rings is 1. The fourth-order valence-corrected chi connectivity index (χ4v) is 13.7. The highest BCUT2D eigenvalue weighted by Gasteiger charge is 2.75. The molecular weight excluding hydrogens is 987 g/mol. The molecule has 5 fully saturated rings. The van der Waals surface area contributed by atoms with E-state index in [0.717, 1.165) is 79.3 Å². The number of nitrogens with zero attached hydrogens (tertiary/aromatic N) is 2. The molecule has 3 aromatic carbocycles. The molecule has 398 valence electrons. The summed E-state index contributed by atoms with van der Waals surface area (Å²) in [6.07, 6.45) is 14.0. The highest BCUT2D eigenvalue weighted by Crippen LogP contribution is 2.69. The molecule has 10 atom stereocenters. The molecule has 3 saturated carbocycles. The van der Waals surface area contributed by atoms with E-state index in [1.54, 1.807) is 12.2 Å². The van der Waals surface area contributed by atoms with E-state index >= 15 is 0 Å². The molecule has 2 heterocycles. The van der Waals surface area contributed by atoms with Gasteiger partial charge >= 0.3 is 5.97 Å². The molecule has 9 rings (SSSR count). The van der Waals surface area contributed by atoms with Gasteiger partial charge in [0.15, 0.2) is 23.5 Å². The summed E-state index contributed by atoms with van der Waals surface area (Å²) < 4.78 is 18.9. The number of fused-ring (bicyclic) bond motifs is 7. The number of alkyl halides is 2. The number of Topliss-reactive ketones (excluding diaryl/α,β-unsaturated/α-hetero) is 1. The van der Waals surface area contributed by atoms with E-state index in [-0.39, 0.29) is 47.3 Å². The molecule has 11 nitrogen and oxygen atoms in total. The number of aryl methyl sites for hydroxylation is 1. The number of allylic oxidation sites excluding steroid dienone is 4. The van der Waals surface area contributed by atoms with Crippen LogP contribution in [0.25, 0.3) is 0 Å². The zero-order valence-electron chi connectivity index (χ0n) is 42.9. The SMILES string of the molecule is CCC[C@@H]1O[C@@H]2C[C@H]3[C@@H]4CCC5=CC(=O)C=C[C@]5(C)[C@H]4[C@@H](O)C[C@]3(C)[C@]2(C(=O)CO)O1.Clc1ccc(C(OCCN2CCCCC2)c2ccccc2)cc1.O=C(O)CCCc1ccc(N(CCCl)CCCl)cc1. The number of hydrogen-bond acceptors (Lipinski definition) is 10. The highest BCUT2D eigenvalue weighted by molar-refractivity contribution is 6.30. The quantitative estimate of drug-likeness (QED) is 0.0986. The number of carboxylic acids is 1. The second-order valence-corrected chi connectivity index (χ2v) is 22.3.